The summed E-state index contributed by atoms with van der Waals surface area (Å²) < 4.78 is 11.3. The fraction of sp³-hybridized carbons (Fsp3) is 0.769. The van der Waals surface area contributed by atoms with Gasteiger partial charge in [-0.25, -0.2) is 4.79 Å². The van der Waals surface area contributed by atoms with Gasteiger partial charge in [0.2, 0.25) is 0 Å². The van der Waals surface area contributed by atoms with Crippen molar-refractivity contribution < 1.29 is 14.0 Å². The second-order valence-corrected chi connectivity index (χ2v) is 10.9. The Morgan fingerprint density at radius 3 is 2.47 bits per heavy atom. The van der Waals surface area contributed by atoms with Crippen LogP contribution in [0.1, 0.15) is 34.1 Å². The smallest absolute Gasteiger partial charge is 0.334 e. The standard InChI is InChI=1S/C13H24O3Si/c1-7-10-8-11(16-12(10)14)9-15-17(5,6)13(2,3)4/h7,11H,8-9H2,1-6H3/b10-7+. The van der Waals surface area contributed by atoms with Gasteiger partial charge < -0.3 is 9.16 Å². The van der Waals surface area contributed by atoms with E-state index in [4.69, 9.17) is 9.16 Å². The minimum atomic E-state index is -1.74. The van der Waals surface area contributed by atoms with E-state index in [2.05, 4.69) is 33.9 Å². The van der Waals surface area contributed by atoms with Gasteiger partial charge in [0.05, 0.1) is 6.61 Å². The molecule has 1 heterocycles. The Bertz CT molecular complexity index is 326. The zero-order valence-electron chi connectivity index (χ0n) is 11.8. The van der Waals surface area contributed by atoms with Gasteiger partial charge >= 0.3 is 5.97 Å². The van der Waals surface area contributed by atoms with Gasteiger partial charge in [-0.15, -0.1) is 0 Å². The van der Waals surface area contributed by atoms with Gasteiger partial charge in [-0.2, -0.15) is 0 Å². The van der Waals surface area contributed by atoms with Crippen LogP contribution in [0.3, 0.4) is 0 Å². The van der Waals surface area contributed by atoms with Crippen LogP contribution >= 0.6 is 0 Å². The Hall–Kier alpha value is -0.613. The van der Waals surface area contributed by atoms with Crippen molar-refractivity contribution >= 4 is 14.3 Å². The molecule has 1 fully saturated rings. The van der Waals surface area contributed by atoms with Crippen LogP contribution in [0.25, 0.3) is 0 Å². The Labute approximate surface area is 105 Å². The highest BCUT2D eigenvalue weighted by Crippen LogP contribution is 2.37. The second-order valence-electron chi connectivity index (χ2n) is 6.12. The van der Waals surface area contributed by atoms with Gasteiger partial charge in [0.1, 0.15) is 6.10 Å². The molecular formula is C13H24O3Si. The monoisotopic (exact) mass is 256 g/mol. The van der Waals surface area contributed by atoms with Gasteiger partial charge in [-0.05, 0) is 25.1 Å². The Morgan fingerprint density at radius 1 is 1.47 bits per heavy atom. The van der Waals surface area contributed by atoms with Gasteiger partial charge in [-0.3, -0.25) is 0 Å². The van der Waals surface area contributed by atoms with Crippen LogP contribution in [0.4, 0.5) is 0 Å². The summed E-state index contributed by atoms with van der Waals surface area (Å²) in [6.45, 7) is 13.4. The molecule has 0 aliphatic carbocycles. The van der Waals surface area contributed by atoms with Crippen molar-refractivity contribution in [2.75, 3.05) is 6.61 Å². The summed E-state index contributed by atoms with van der Waals surface area (Å²) in [6, 6.07) is 0. The first-order valence-electron chi connectivity index (χ1n) is 6.17. The molecule has 1 saturated heterocycles. The number of carbonyl (C=O) groups is 1. The molecule has 1 aliphatic rings. The quantitative estimate of drug-likeness (QED) is 0.442. The van der Waals surface area contributed by atoms with E-state index in [0.717, 1.165) is 5.57 Å². The molecule has 0 amide bonds. The van der Waals surface area contributed by atoms with Crippen molar-refractivity contribution in [1.82, 2.24) is 0 Å². The van der Waals surface area contributed by atoms with Crippen molar-refractivity contribution in [2.45, 2.75) is 58.4 Å². The van der Waals surface area contributed by atoms with E-state index in [1.165, 1.54) is 0 Å². The minimum absolute atomic E-state index is 0.0946. The largest absolute Gasteiger partial charge is 0.456 e. The van der Waals surface area contributed by atoms with E-state index >= 15 is 0 Å². The maximum atomic E-state index is 11.4. The molecule has 1 unspecified atom stereocenters. The van der Waals surface area contributed by atoms with Crippen molar-refractivity contribution in [3.05, 3.63) is 11.6 Å². The number of ether oxygens (including phenoxy) is 1. The second kappa shape index (κ2) is 4.94. The normalized spacial score (nSPS) is 24.2. The predicted molar refractivity (Wildman–Crippen MR) is 71.4 cm³/mol. The molecule has 0 aromatic carbocycles. The average molecular weight is 256 g/mol. The summed E-state index contributed by atoms with van der Waals surface area (Å²) in [4.78, 5) is 11.4. The first kappa shape index (κ1) is 14.4. The zero-order chi connectivity index (χ0) is 13.3. The topological polar surface area (TPSA) is 35.5 Å². The summed E-state index contributed by atoms with van der Waals surface area (Å²) in [6.07, 6.45) is 2.42. The molecule has 0 saturated carbocycles. The third-order valence-electron chi connectivity index (χ3n) is 3.77. The van der Waals surface area contributed by atoms with Crippen molar-refractivity contribution in [2.24, 2.45) is 0 Å². The molecule has 3 nitrogen and oxygen atoms in total. The Balaban J connectivity index is 2.51. The number of cyclic esters (lactones) is 1. The molecule has 17 heavy (non-hydrogen) atoms. The van der Waals surface area contributed by atoms with Crippen LogP contribution in [0.5, 0.6) is 0 Å². The van der Waals surface area contributed by atoms with E-state index in [0.29, 0.717) is 13.0 Å². The lowest BCUT2D eigenvalue weighted by molar-refractivity contribution is -0.140. The van der Waals surface area contributed by atoms with Crippen LogP contribution in [0, 0.1) is 0 Å². The van der Waals surface area contributed by atoms with Crippen molar-refractivity contribution in [3.63, 3.8) is 0 Å². The lowest BCUT2D eigenvalue weighted by Gasteiger charge is -2.36. The third-order valence-corrected chi connectivity index (χ3v) is 8.27. The van der Waals surface area contributed by atoms with Gasteiger partial charge in [0, 0.05) is 12.0 Å². The summed E-state index contributed by atoms with van der Waals surface area (Å²) in [5.74, 6) is -0.184. The highest BCUT2D eigenvalue weighted by atomic mass is 28.4. The van der Waals surface area contributed by atoms with Gasteiger partial charge in [-0.1, -0.05) is 26.8 Å². The fourth-order valence-corrected chi connectivity index (χ4v) is 2.48. The molecule has 0 radical (unpaired) electrons. The number of esters is 1. The van der Waals surface area contributed by atoms with E-state index in [1.807, 2.05) is 13.0 Å². The first-order chi connectivity index (χ1) is 7.67. The summed E-state index contributed by atoms with van der Waals surface area (Å²) in [5, 5.41) is 0.193. The maximum absolute atomic E-state index is 11.4. The molecule has 98 valence electrons. The first-order valence-corrected chi connectivity index (χ1v) is 9.08. The van der Waals surface area contributed by atoms with Gasteiger partial charge in [0.25, 0.3) is 0 Å². The van der Waals surface area contributed by atoms with E-state index < -0.39 is 8.32 Å². The molecule has 0 spiro atoms. The number of allylic oxidation sites excluding steroid dienone is 1. The molecule has 1 rings (SSSR count). The SMILES string of the molecule is C/C=C1\CC(CO[Si](C)(C)C(C)(C)C)OC1=O. The molecule has 4 heteroatoms. The number of hydrogen-bond acceptors (Lipinski definition) is 3. The van der Waals surface area contributed by atoms with Crippen LogP contribution < -0.4 is 0 Å². The van der Waals surface area contributed by atoms with Crippen LogP contribution in [-0.4, -0.2) is 27.0 Å². The Kier molecular flexibility index (Phi) is 4.20. The number of hydrogen-bond donors (Lipinski definition) is 0. The molecule has 0 aromatic rings. The van der Waals surface area contributed by atoms with E-state index in [-0.39, 0.29) is 17.1 Å². The molecule has 0 aromatic heterocycles. The van der Waals surface area contributed by atoms with Crippen LogP contribution in [0.2, 0.25) is 18.1 Å². The molecule has 0 bridgehead atoms. The minimum Gasteiger partial charge on any atom is -0.456 e. The zero-order valence-corrected chi connectivity index (χ0v) is 12.8. The summed E-state index contributed by atoms with van der Waals surface area (Å²) in [7, 11) is -1.74. The predicted octanol–water partition coefficient (Wildman–Crippen LogP) is 3.27. The Morgan fingerprint density at radius 2 is 2.06 bits per heavy atom. The third kappa shape index (κ3) is 3.42. The summed E-state index contributed by atoms with van der Waals surface area (Å²) >= 11 is 0. The molecule has 1 aliphatic heterocycles. The lowest BCUT2D eigenvalue weighted by atomic mass is 10.1. The molecule has 0 N–H and O–H groups in total. The highest BCUT2D eigenvalue weighted by Gasteiger charge is 2.39. The van der Waals surface area contributed by atoms with Crippen molar-refractivity contribution in [1.29, 1.82) is 0 Å². The summed E-state index contributed by atoms with van der Waals surface area (Å²) in [5.41, 5.74) is 0.772. The van der Waals surface area contributed by atoms with Crippen LogP contribution in [0.15, 0.2) is 11.6 Å². The maximum Gasteiger partial charge on any atom is 0.334 e. The molecular weight excluding hydrogens is 232 g/mol. The average Bonchev–Trinajstić information content (AvgIpc) is 2.54. The van der Waals surface area contributed by atoms with Crippen molar-refractivity contribution in [3.8, 4) is 0 Å². The number of rotatable bonds is 3. The number of carbonyl (C=O) groups excluding carboxylic acids is 1. The lowest BCUT2D eigenvalue weighted by Crippen LogP contribution is -2.42. The van der Waals surface area contributed by atoms with Crippen LogP contribution in [-0.2, 0) is 14.0 Å². The fourth-order valence-electron chi connectivity index (χ4n) is 1.44. The van der Waals surface area contributed by atoms with E-state index in [9.17, 15) is 4.79 Å². The van der Waals surface area contributed by atoms with Gasteiger partial charge in [0.15, 0.2) is 8.32 Å². The molecule has 1 atom stereocenters. The highest BCUT2D eigenvalue weighted by molar-refractivity contribution is 6.74. The van der Waals surface area contributed by atoms with E-state index in [1.54, 1.807) is 0 Å².